The van der Waals surface area contributed by atoms with Crippen molar-refractivity contribution in [3.8, 4) is 5.69 Å². The number of carbonyl (C=O) groups excluding carboxylic acids is 1. The summed E-state index contributed by atoms with van der Waals surface area (Å²) in [7, 11) is 3.83. The first kappa shape index (κ1) is 19.7. The first-order chi connectivity index (χ1) is 13.2. The average molecular weight is 387 g/mol. The van der Waals surface area contributed by atoms with Gasteiger partial charge in [-0.25, -0.2) is 0 Å². The minimum atomic E-state index is -4.36. The van der Waals surface area contributed by atoms with E-state index < -0.39 is 11.7 Å². The number of aromatic nitrogens is 1. The second-order valence-electron chi connectivity index (χ2n) is 6.66. The van der Waals surface area contributed by atoms with Gasteiger partial charge in [-0.3, -0.25) is 4.79 Å². The molecule has 1 aromatic heterocycles. The number of alkyl halides is 3. The van der Waals surface area contributed by atoms with Crippen LogP contribution in [-0.4, -0.2) is 36.0 Å². The third-order valence-corrected chi connectivity index (χ3v) is 4.17. The number of rotatable bonds is 5. The maximum Gasteiger partial charge on any atom is 0.416 e. The Morgan fingerprint density at radius 2 is 1.82 bits per heavy atom. The summed E-state index contributed by atoms with van der Waals surface area (Å²) in [5.41, 5.74) is 1.43. The Morgan fingerprint density at radius 1 is 1.11 bits per heavy atom. The van der Waals surface area contributed by atoms with Crippen LogP contribution in [0.2, 0.25) is 0 Å². The highest BCUT2D eigenvalue weighted by atomic mass is 19.4. The summed E-state index contributed by atoms with van der Waals surface area (Å²) in [6.45, 7) is 0.669. The van der Waals surface area contributed by atoms with Gasteiger partial charge in [-0.15, -0.1) is 0 Å². The van der Waals surface area contributed by atoms with E-state index in [4.69, 9.17) is 0 Å². The van der Waals surface area contributed by atoms with Crippen LogP contribution in [0.5, 0.6) is 0 Å². The van der Waals surface area contributed by atoms with Crippen molar-refractivity contribution in [2.45, 2.75) is 6.18 Å². The Bertz CT molecular complexity index is 1000. The number of carbonyl (C=O) groups is 1. The van der Waals surface area contributed by atoms with Gasteiger partial charge in [-0.05, 0) is 62.6 Å². The molecule has 0 aliphatic heterocycles. The van der Waals surface area contributed by atoms with Crippen LogP contribution in [0.15, 0.2) is 66.9 Å². The second kappa shape index (κ2) is 7.90. The second-order valence-corrected chi connectivity index (χ2v) is 6.66. The van der Waals surface area contributed by atoms with E-state index in [9.17, 15) is 18.0 Å². The third-order valence-electron chi connectivity index (χ3n) is 4.17. The summed E-state index contributed by atoms with van der Waals surface area (Å²) in [6.07, 6.45) is 0.688. The van der Waals surface area contributed by atoms with Gasteiger partial charge in [0.25, 0.3) is 0 Å². The smallest absolute Gasteiger partial charge is 0.322 e. The fraction of sp³-hybridized carbons (Fsp3) is 0.190. The Hall–Kier alpha value is -3.06. The molecule has 0 saturated carbocycles. The summed E-state index contributed by atoms with van der Waals surface area (Å²) in [4.78, 5) is 13.9. The van der Waals surface area contributed by atoms with Crippen molar-refractivity contribution in [1.82, 2.24) is 9.47 Å². The van der Waals surface area contributed by atoms with Crippen molar-refractivity contribution in [2.75, 3.05) is 26.0 Å². The highest BCUT2D eigenvalue weighted by Gasteiger charge is 2.30. The zero-order chi connectivity index (χ0) is 20.3. The molecule has 4 nitrogen and oxygen atoms in total. The molecule has 28 heavy (non-hydrogen) atoms. The Morgan fingerprint density at radius 3 is 2.46 bits per heavy atom. The Kier molecular flexibility index (Phi) is 5.56. The van der Waals surface area contributed by atoms with Gasteiger partial charge in [-0.1, -0.05) is 6.08 Å². The van der Waals surface area contributed by atoms with Crippen LogP contribution < -0.4 is 5.32 Å². The van der Waals surface area contributed by atoms with E-state index in [1.54, 1.807) is 22.9 Å². The van der Waals surface area contributed by atoms with Gasteiger partial charge in [0.05, 0.1) is 11.1 Å². The lowest BCUT2D eigenvalue weighted by molar-refractivity contribution is -0.137. The number of nitrogens with one attached hydrogen (secondary N) is 1. The zero-order valence-electron chi connectivity index (χ0n) is 15.5. The van der Waals surface area contributed by atoms with Gasteiger partial charge in [0, 0.05) is 35.6 Å². The van der Waals surface area contributed by atoms with Crippen LogP contribution in [0, 0.1) is 0 Å². The number of nitrogens with zero attached hydrogens (tertiary/aromatic N) is 2. The molecule has 0 spiro atoms. The van der Waals surface area contributed by atoms with Crippen molar-refractivity contribution in [1.29, 1.82) is 0 Å². The number of benzene rings is 2. The zero-order valence-corrected chi connectivity index (χ0v) is 15.5. The third kappa shape index (κ3) is 4.61. The lowest BCUT2D eigenvalue weighted by atomic mass is 10.2. The highest BCUT2D eigenvalue weighted by molar-refractivity contribution is 6.00. The summed E-state index contributed by atoms with van der Waals surface area (Å²) < 4.78 is 40.0. The van der Waals surface area contributed by atoms with Gasteiger partial charge < -0.3 is 14.8 Å². The summed E-state index contributed by atoms with van der Waals surface area (Å²) in [5, 5.41) is 3.67. The van der Waals surface area contributed by atoms with E-state index >= 15 is 0 Å². The SMILES string of the molecule is CN(C)C/C=C/C(=O)Nc1ccc2c(ccn2-c2ccc(C(F)(F)F)cc2)c1. The molecule has 0 fully saturated rings. The molecule has 0 bridgehead atoms. The quantitative estimate of drug-likeness (QED) is 0.644. The summed E-state index contributed by atoms with van der Waals surface area (Å²) in [6, 6.07) is 12.3. The predicted molar refractivity (Wildman–Crippen MR) is 105 cm³/mol. The normalized spacial score (nSPS) is 12.2. The molecule has 0 saturated heterocycles. The van der Waals surface area contributed by atoms with Crippen LogP contribution >= 0.6 is 0 Å². The van der Waals surface area contributed by atoms with Gasteiger partial charge in [0.2, 0.25) is 5.91 Å². The van der Waals surface area contributed by atoms with E-state index in [1.165, 1.54) is 18.2 Å². The van der Waals surface area contributed by atoms with Crippen molar-refractivity contribution < 1.29 is 18.0 Å². The van der Waals surface area contributed by atoms with E-state index in [1.807, 2.05) is 37.2 Å². The molecule has 0 atom stereocenters. The number of halogens is 3. The molecule has 0 radical (unpaired) electrons. The fourth-order valence-electron chi connectivity index (χ4n) is 2.81. The van der Waals surface area contributed by atoms with Crippen LogP contribution in [0.4, 0.5) is 18.9 Å². The van der Waals surface area contributed by atoms with Crippen LogP contribution in [-0.2, 0) is 11.0 Å². The highest BCUT2D eigenvalue weighted by Crippen LogP contribution is 2.30. The molecular formula is C21H20F3N3O. The molecule has 0 aliphatic rings. The summed E-state index contributed by atoms with van der Waals surface area (Å²) in [5.74, 6) is -0.219. The van der Waals surface area contributed by atoms with Crippen LogP contribution in [0.25, 0.3) is 16.6 Å². The maximum absolute atomic E-state index is 12.7. The van der Waals surface area contributed by atoms with Crippen molar-refractivity contribution >= 4 is 22.5 Å². The van der Waals surface area contributed by atoms with E-state index in [2.05, 4.69) is 5.32 Å². The molecule has 3 rings (SSSR count). The van der Waals surface area contributed by atoms with Crippen LogP contribution in [0.1, 0.15) is 5.56 Å². The Balaban J connectivity index is 1.79. The van der Waals surface area contributed by atoms with Crippen molar-refractivity contribution in [2.24, 2.45) is 0 Å². The van der Waals surface area contributed by atoms with Gasteiger partial charge in [0.1, 0.15) is 0 Å². The largest absolute Gasteiger partial charge is 0.416 e. The molecule has 1 N–H and O–H groups in total. The first-order valence-electron chi connectivity index (χ1n) is 8.65. The van der Waals surface area contributed by atoms with E-state index in [0.29, 0.717) is 17.9 Å². The molecule has 0 aliphatic carbocycles. The molecule has 1 amide bonds. The Labute approximate surface area is 160 Å². The van der Waals surface area contributed by atoms with E-state index in [-0.39, 0.29) is 5.91 Å². The predicted octanol–water partition coefficient (Wildman–Crippen LogP) is 4.71. The monoisotopic (exact) mass is 387 g/mol. The number of likely N-dealkylation sites (N-methyl/N-ethyl adjacent to an activating group) is 1. The number of anilines is 1. The average Bonchev–Trinajstić information content (AvgIpc) is 3.04. The number of amides is 1. The van der Waals surface area contributed by atoms with E-state index in [0.717, 1.165) is 23.0 Å². The fourth-order valence-corrected chi connectivity index (χ4v) is 2.81. The minimum Gasteiger partial charge on any atom is -0.322 e. The maximum atomic E-state index is 12.7. The lowest BCUT2D eigenvalue weighted by Crippen LogP contribution is -2.12. The van der Waals surface area contributed by atoms with Crippen molar-refractivity contribution in [3.05, 3.63) is 72.4 Å². The van der Waals surface area contributed by atoms with Crippen molar-refractivity contribution in [3.63, 3.8) is 0 Å². The lowest BCUT2D eigenvalue weighted by Gasteiger charge is -2.10. The molecule has 3 aromatic rings. The molecule has 146 valence electrons. The molecule has 1 heterocycles. The number of hydrogen-bond acceptors (Lipinski definition) is 2. The molecular weight excluding hydrogens is 367 g/mol. The standard InChI is InChI=1S/C21H20F3N3O/c1-26(2)12-3-4-20(28)25-17-7-10-19-15(14-17)11-13-27(19)18-8-5-16(6-9-18)21(22,23)24/h3-11,13-14H,12H2,1-2H3,(H,25,28)/b4-3+. The molecule has 2 aromatic carbocycles. The molecule has 7 heteroatoms. The van der Waals surface area contributed by atoms with Gasteiger partial charge in [0.15, 0.2) is 0 Å². The van der Waals surface area contributed by atoms with Gasteiger partial charge >= 0.3 is 6.18 Å². The topological polar surface area (TPSA) is 37.3 Å². The molecule has 0 unspecified atom stereocenters. The summed E-state index contributed by atoms with van der Waals surface area (Å²) >= 11 is 0. The number of fused-ring (bicyclic) bond motifs is 1. The first-order valence-corrected chi connectivity index (χ1v) is 8.65. The number of hydrogen-bond donors (Lipinski definition) is 1. The van der Waals surface area contributed by atoms with Gasteiger partial charge in [-0.2, -0.15) is 13.2 Å². The van der Waals surface area contributed by atoms with Crippen LogP contribution in [0.3, 0.4) is 0 Å². The minimum absolute atomic E-state index is 0.219.